The van der Waals surface area contributed by atoms with Crippen LogP contribution >= 0.6 is 0 Å². The molecule has 1 atom stereocenters. The topological polar surface area (TPSA) is 101 Å². The molecule has 0 bridgehead atoms. The van der Waals surface area contributed by atoms with Crippen molar-refractivity contribution in [1.82, 2.24) is 29.8 Å². The first-order chi connectivity index (χ1) is 21.0. The van der Waals surface area contributed by atoms with Gasteiger partial charge in [-0.05, 0) is 63.1 Å². The molecule has 6 rings (SSSR count). The van der Waals surface area contributed by atoms with E-state index >= 15 is 0 Å². The van der Waals surface area contributed by atoms with Gasteiger partial charge in [-0.1, -0.05) is 36.8 Å². The minimum atomic E-state index is -2.77. The van der Waals surface area contributed by atoms with E-state index in [-0.39, 0.29) is 17.8 Å². The van der Waals surface area contributed by atoms with E-state index in [0.717, 1.165) is 44.1 Å². The lowest BCUT2D eigenvalue weighted by molar-refractivity contribution is 0.122. The molecule has 228 valence electrons. The highest BCUT2D eigenvalue weighted by molar-refractivity contribution is 5.77. The van der Waals surface area contributed by atoms with Gasteiger partial charge < -0.3 is 20.1 Å². The molecule has 2 aliphatic rings. The highest BCUT2D eigenvalue weighted by Gasteiger charge is 2.26. The maximum atomic E-state index is 14.1. The number of aromatic nitrogens is 5. The molecular weight excluding hydrogens is 552 g/mol. The second-order valence-electron chi connectivity index (χ2n) is 11.6. The van der Waals surface area contributed by atoms with Crippen LogP contribution in [0.2, 0.25) is 0 Å². The number of benzene rings is 2. The summed E-state index contributed by atoms with van der Waals surface area (Å²) in [6.45, 7) is 4.50. The fourth-order valence-electron chi connectivity index (χ4n) is 6.38. The molecule has 4 aromatic rings. The van der Waals surface area contributed by atoms with Crippen molar-refractivity contribution in [3.8, 4) is 11.7 Å². The van der Waals surface area contributed by atoms with E-state index in [1.807, 2.05) is 23.1 Å². The van der Waals surface area contributed by atoms with Crippen molar-refractivity contribution >= 4 is 17.0 Å². The van der Waals surface area contributed by atoms with E-state index in [2.05, 4.69) is 22.2 Å². The van der Waals surface area contributed by atoms with Crippen LogP contribution in [0, 0.1) is 5.92 Å². The summed E-state index contributed by atoms with van der Waals surface area (Å²) in [5, 5.41) is 13.9. The van der Waals surface area contributed by atoms with Crippen molar-refractivity contribution in [2.45, 2.75) is 70.4 Å². The number of aromatic hydroxyl groups is 1. The normalized spacial score (nSPS) is 20.1. The first-order valence-corrected chi connectivity index (χ1v) is 15.3. The van der Waals surface area contributed by atoms with Crippen LogP contribution in [0.25, 0.3) is 17.0 Å². The van der Waals surface area contributed by atoms with Crippen molar-refractivity contribution in [1.29, 1.82) is 0 Å². The molecule has 3 heterocycles. The maximum absolute atomic E-state index is 14.1. The summed E-state index contributed by atoms with van der Waals surface area (Å²) in [6.07, 6.45) is 4.34. The van der Waals surface area contributed by atoms with Crippen LogP contribution in [0.15, 0.2) is 48.5 Å². The Bertz CT molecular complexity index is 1520. The number of ether oxygens (including phenoxy) is 1. The third kappa shape index (κ3) is 6.78. The van der Waals surface area contributed by atoms with Crippen LogP contribution in [-0.4, -0.2) is 62.0 Å². The lowest BCUT2D eigenvalue weighted by Crippen LogP contribution is -2.37. The molecule has 1 aliphatic heterocycles. The van der Waals surface area contributed by atoms with Crippen molar-refractivity contribution in [2.24, 2.45) is 5.92 Å². The Morgan fingerprint density at radius 1 is 0.930 bits per heavy atom. The van der Waals surface area contributed by atoms with Gasteiger partial charge in [0, 0.05) is 37.2 Å². The van der Waals surface area contributed by atoms with Gasteiger partial charge in [-0.25, -0.2) is 13.8 Å². The van der Waals surface area contributed by atoms with Gasteiger partial charge in [-0.3, -0.25) is 4.57 Å². The number of anilines is 1. The van der Waals surface area contributed by atoms with Crippen LogP contribution in [0.5, 0.6) is 5.75 Å². The van der Waals surface area contributed by atoms with Gasteiger partial charge >= 0.3 is 0 Å². The Hall–Kier alpha value is -3.70. The molecule has 2 aromatic heterocycles. The summed E-state index contributed by atoms with van der Waals surface area (Å²) in [6, 6.07) is 15.1. The summed E-state index contributed by atoms with van der Waals surface area (Å²) >= 11 is 0. The second kappa shape index (κ2) is 13.3. The molecule has 0 amide bonds. The number of para-hydroxylation sites is 3. The summed E-state index contributed by atoms with van der Waals surface area (Å²) in [5.41, 5.74) is 1.96. The van der Waals surface area contributed by atoms with E-state index in [1.54, 1.807) is 30.3 Å². The molecular formula is C32H39F2N7O2. The summed E-state index contributed by atoms with van der Waals surface area (Å²) in [4.78, 5) is 20.4. The Morgan fingerprint density at radius 3 is 2.42 bits per heavy atom. The predicted octanol–water partition coefficient (Wildman–Crippen LogP) is 5.92. The molecule has 1 saturated heterocycles. The molecule has 0 spiro atoms. The quantitative estimate of drug-likeness (QED) is 0.234. The van der Waals surface area contributed by atoms with Gasteiger partial charge in [0.2, 0.25) is 11.9 Å². The standard InChI is InChI=1S/C32H39F2N7O2/c1-21(24-8-2-5-11-27(24)42)35-23-15-13-22(14-16-23)7-6-12-28-37-31(40-17-19-43-20-18-40)39-32(38-28)41-26-10-4-3-9-25(26)36-30(41)29(33)34/h2-5,8-11,21-23,29,35,42H,6-7,12-20H2,1H3. The van der Waals surface area contributed by atoms with Crippen molar-refractivity contribution < 1.29 is 18.6 Å². The molecule has 11 heteroatoms. The first kappa shape index (κ1) is 29.4. The molecule has 2 N–H and O–H groups in total. The number of phenols is 1. The molecule has 9 nitrogen and oxygen atoms in total. The smallest absolute Gasteiger partial charge is 0.296 e. The minimum absolute atomic E-state index is 0.0969. The summed E-state index contributed by atoms with van der Waals surface area (Å²) < 4.78 is 35.1. The molecule has 43 heavy (non-hydrogen) atoms. The monoisotopic (exact) mass is 591 g/mol. The number of hydrogen-bond acceptors (Lipinski definition) is 8. The van der Waals surface area contributed by atoms with E-state index in [9.17, 15) is 13.9 Å². The number of nitrogens with zero attached hydrogens (tertiary/aromatic N) is 6. The molecule has 0 radical (unpaired) electrons. The fourth-order valence-corrected chi connectivity index (χ4v) is 6.38. The Kier molecular flexibility index (Phi) is 9.08. The second-order valence-corrected chi connectivity index (χ2v) is 11.6. The zero-order valence-corrected chi connectivity index (χ0v) is 24.5. The number of hydrogen-bond donors (Lipinski definition) is 2. The Labute approximate surface area is 250 Å². The largest absolute Gasteiger partial charge is 0.508 e. The van der Waals surface area contributed by atoms with Crippen LogP contribution in [0.1, 0.15) is 75.1 Å². The fraction of sp³-hybridized carbons (Fsp3) is 0.500. The number of imidazole rings is 1. The predicted molar refractivity (Wildman–Crippen MR) is 161 cm³/mol. The number of rotatable bonds is 10. The van der Waals surface area contributed by atoms with Crippen LogP contribution in [-0.2, 0) is 11.2 Å². The Balaban J connectivity index is 1.13. The number of aryl methyl sites for hydroxylation is 1. The van der Waals surface area contributed by atoms with Crippen LogP contribution in [0.3, 0.4) is 0 Å². The molecule has 2 aromatic carbocycles. The third-order valence-corrected chi connectivity index (χ3v) is 8.68. The lowest BCUT2D eigenvalue weighted by atomic mass is 9.82. The highest BCUT2D eigenvalue weighted by atomic mass is 19.3. The summed E-state index contributed by atoms with van der Waals surface area (Å²) in [7, 11) is 0. The minimum Gasteiger partial charge on any atom is -0.508 e. The SMILES string of the molecule is CC(NC1CCC(CCCc2nc(N3CCOCC3)nc(-n3c(C(F)F)nc4ccccc43)n2)CC1)c1ccccc1O. The number of phenolic OH excluding ortho intramolecular Hbond substituents is 1. The van der Waals surface area contributed by atoms with E-state index in [1.165, 1.54) is 4.57 Å². The average Bonchev–Trinajstić information content (AvgIpc) is 3.43. The molecule has 2 fully saturated rings. The zero-order chi connectivity index (χ0) is 29.8. The van der Waals surface area contributed by atoms with Crippen LogP contribution in [0.4, 0.5) is 14.7 Å². The number of halogens is 2. The van der Waals surface area contributed by atoms with Gasteiger partial charge in [-0.2, -0.15) is 15.0 Å². The third-order valence-electron chi connectivity index (χ3n) is 8.68. The Morgan fingerprint density at radius 2 is 1.65 bits per heavy atom. The average molecular weight is 592 g/mol. The zero-order valence-electron chi connectivity index (χ0n) is 24.5. The molecule has 1 aliphatic carbocycles. The van der Waals surface area contributed by atoms with Gasteiger partial charge in [0.25, 0.3) is 6.43 Å². The number of nitrogens with one attached hydrogen (secondary N) is 1. The highest BCUT2D eigenvalue weighted by Crippen LogP contribution is 2.32. The summed E-state index contributed by atoms with van der Waals surface area (Å²) in [5.74, 6) is 1.87. The number of fused-ring (bicyclic) bond motifs is 1. The van der Waals surface area contributed by atoms with E-state index < -0.39 is 6.43 Å². The molecule has 1 unspecified atom stereocenters. The first-order valence-electron chi connectivity index (χ1n) is 15.3. The van der Waals surface area contributed by atoms with Crippen molar-refractivity contribution in [2.75, 3.05) is 31.2 Å². The maximum Gasteiger partial charge on any atom is 0.296 e. The lowest BCUT2D eigenvalue weighted by Gasteiger charge is -2.31. The number of morpholine rings is 1. The van der Waals surface area contributed by atoms with Crippen LogP contribution < -0.4 is 10.2 Å². The van der Waals surface area contributed by atoms with E-state index in [0.29, 0.717) is 73.2 Å². The van der Waals surface area contributed by atoms with Crippen molar-refractivity contribution in [3.63, 3.8) is 0 Å². The number of alkyl halides is 2. The van der Waals surface area contributed by atoms with E-state index in [4.69, 9.17) is 14.7 Å². The van der Waals surface area contributed by atoms with Crippen molar-refractivity contribution in [3.05, 3.63) is 65.7 Å². The molecule has 1 saturated carbocycles. The van der Waals surface area contributed by atoms with Gasteiger partial charge in [0.1, 0.15) is 11.6 Å². The van der Waals surface area contributed by atoms with Gasteiger partial charge in [-0.15, -0.1) is 0 Å². The van der Waals surface area contributed by atoms with Gasteiger partial charge in [0.15, 0.2) is 5.82 Å². The van der Waals surface area contributed by atoms with Gasteiger partial charge in [0.05, 0.1) is 24.2 Å².